The fourth-order valence-electron chi connectivity index (χ4n) is 2.93. The quantitative estimate of drug-likeness (QED) is 0.0318. The largest absolute Gasteiger partial charge is 0.870 e. The van der Waals surface area contributed by atoms with Crippen molar-refractivity contribution in [1.29, 1.82) is 0 Å². The van der Waals surface area contributed by atoms with E-state index in [1.54, 1.807) is 6.07 Å². The molecule has 2 rings (SSSR count). The standard InChI is InChI=1S/2C6H12O6.C6H10O5.C6H8O4.C6H6O3.3H2O/c7-2-6(11)5(10)4(9)3(8)1-12-6;7-1-3(9)5(11)6(12)4(10)2-8;7-2-4(9)1-5(10)6(11)3-8;7-3-5(9)1-2-6(10)4-8;7-3-5-1-2-6(4-8)9-5;;;/h3-5,7-11H,1-2H2;1,3-6,8-12H,2H2;1-2,5-6,8-11H,3H2;1-3,6,8,10H,4H2;1-3,8H,4H2;3*1H2/p-3/b;;4-1+;2-1+;;;;/t3-,4+,5+,6?;;;;;;;/m1......./s1. The van der Waals surface area contributed by atoms with Crippen LogP contribution >= 0.6 is 0 Å². The van der Waals surface area contributed by atoms with E-state index in [1.165, 1.54) is 6.07 Å². The summed E-state index contributed by atoms with van der Waals surface area (Å²) in [5.41, 5.74) is 0. The van der Waals surface area contributed by atoms with Gasteiger partial charge in [0.1, 0.15) is 67.3 Å². The Hall–Kier alpha value is -3.89. The number of rotatable bonds is 16. The molecule has 0 saturated carbocycles. The number of furan rings is 1. The topological polar surface area (TPSA) is 542 Å². The number of ketones is 1. The monoisotopic (exact) mass is 843 g/mol. The lowest BCUT2D eigenvalue weighted by molar-refractivity contribution is -0.331. The second kappa shape index (κ2) is 36.5. The summed E-state index contributed by atoms with van der Waals surface area (Å²) in [6, 6.07) is 3.07. The van der Waals surface area contributed by atoms with Crippen LogP contribution in [0.4, 0.5) is 0 Å². The van der Waals surface area contributed by atoms with Crippen molar-refractivity contribution in [2.45, 2.75) is 73.4 Å². The Kier molecular flexibility index (Phi) is 41.6. The van der Waals surface area contributed by atoms with Gasteiger partial charge >= 0.3 is 0 Å². The molecule has 1 aromatic rings. The number of aliphatic hydroxyl groups is 17. The van der Waals surface area contributed by atoms with Gasteiger partial charge in [0.05, 0.1) is 39.1 Å². The summed E-state index contributed by atoms with van der Waals surface area (Å²) in [6.07, 6.45) is -11.6. The van der Waals surface area contributed by atoms with Crippen LogP contribution in [-0.2, 0) is 30.5 Å². The molecule has 1 aliphatic heterocycles. The minimum atomic E-state index is -2.17. The summed E-state index contributed by atoms with van der Waals surface area (Å²) in [4.78, 5) is 49.5. The highest BCUT2D eigenvalue weighted by Gasteiger charge is 2.48. The van der Waals surface area contributed by atoms with Crippen molar-refractivity contribution < 1.29 is 136 Å². The van der Waals surface area contributed by atoms with E-state index in [9.17, 15) is 29.1 Å². The molecule has 1 aliphatic rings. The van der Waals surface area contributed by atoms with E-state index >= 15 is 0 Å². The van der Waals surface area contributed by atoms with Gasteiger partial charge in [-0.25, -0.2) is 0 Å². The molecule has 1 aromatic heterocycles. The molecule has 20 N–H and O–H groups in total. The Morgan fingerprint density at radius 1 is 0.789 bits per heavy atom. The van der Waals surface area contributed by atoms with Crippen molar-refractivity contribution in [2.24, 2.45) is 0 Å². The Labute approximate surface area is 321 Å². The molecule has 11 atom stereocenters. The van der Waals surface area contributed by atoms with Gasteiger partial charge in [-0.2, -0.15) is 0 Å². The predicted octanol–water partition coefficient (Wildman–Crippen LogP) is -9.54. The summed E-state index contributed by atoms with van der Waals surface area (Å²) >= 11 is 0. The SMILES string of the molecule is O=C/C(O)=C\C(O)C(O)CO.O=CC(=O)/C=C/C(O)CO.O=CC(O)C(O)C(O)C(O)CO.O=Cc1ccc(CO)o1.OCC1(O)OC[C@@H](O)[C@H](O)[C@@H]1O.[OH-].[OH-].[OH-]. The van der Waals surface area contributed by atoms with E-state index in [0.717, 1.165) is 18.2 Å². The molecule has 0 aromatic carbocycles. The van der Waals surface area contributed by atoms with E-state index in [1.807, 2.05) is 0 Å². The molecule has 0 amide bonds. The van der Waals surface area contributed by atoms with Crippen molar-refractivity contribution in [3.8, 4) is 0 Å². The first kappa shape index (κ1) is 65.0. The van der Waals surface area contributed by atoms with Crippen LogP contribution in [0, 0.1) is 0 Å². The third kappa shape index (κ3) is 27.4. The van der Waals surface area contributed by atoms with E-state index in [4.69, 9.17) is 86.1 Å². The van der Waals surface area contributed by atoms with Gasteiger partial charge in [-0.3, -0.25) is 19.2 Å². The molecule has 0 radical (unpaired) electrons. The minimum Gasteiger partial charge on any atom is -0.870 e. The minimum absolute atomic E-state index is 0. The molecule has 2 heterocycles. The fraction of sp³-hybridized carbons (Fsp3) is 0.567. The van der Waals surface area contributed by atoms with Crippen molar-refractivity contribution in [2.75, 3.05) is 33.0 Å². The number of aliphatic hydroxyl groups excluding tert-OH is 16. The molecular formula is C30H51O27-3. The van der Waals surface area contributed by atoms with Crippen molar-refractivity contribution in [3.05, 3.63) is 47.6 Å². The summed E-state index contributed by atoms with van der Waals surface area (Å²) in [6.45, 7) is -3.17. The van der Waals surface area contributed by atoms with Crippen molar-refractivity contribution in [3.63, 3.8) is 0 Å². The lowest BCUT2D eigenvalue weighted by atomic mass is 9.98. The normalized spacial score (nSPS) is 22.0. The first-order valence-electron chi connectivity index (χ1n) is 15.0. The molecule has 336 valence electrons. The van der Waals surface area contributed by atoms with Crippen LogP contribution in [0.15, 0.2) is 40.5 Å². The van der Waals surface area contributed by atoms with Gasteiger partial charge in [-0.15, -0.1) is 0 Å². The van der Waals surface area contributed by atoms with Gasteiger partial charge in [0.15, 0.2) is 36.7 Å². The lowest BCUT2D eigenvalue weighted by Crippen LogP contribution is -2.62. The molecule has 0 aliphatic carbocycles. The average Bonchev–Trinajstić information content (AvgIpc) is 3.68. The lowest BCUT2D eigenvalue weighted by Gasteiger charge is -2.40. The van der Waals surface area contributed by atoms with Crippen LogP contribution in [0.5, 0.6) is 0 Å². The molecule has 27 heteroatoms. The number of allylic oxidation sites excluding steroid dienone is 2. The van der Waals surface area contributed by atoms with Crippen LogP contribution < -0.4 is 0 Å². The van der Waals surface area contributed by atoms with E-state index in [2.05, 4.69) is 4.74 Å². The maximum absolute atomic E-state index is 10.2. The van der Waals surface area contributed by atoms with Crippen LogP contribution in [0.1, 0.15) is 16.3 Å². The molecule has 0 spiro atoms. The second-order valence-corrected chi connectivity index (χ2v) is 10.3. The number of hydrogen-bond acceptors (Lipinski definition) is 27. The molecular weight excluding hydrogens is 792 g/mol. The van der Waals surface area contributed by atoms with E-state index in [-0.39, 0.29) is 54.3 Å². The van der Waals surface area contributed by atoms with Gasteiger partial charge in [-0.1, -0.05) is 0 Å². The van der Waals surface area contributed by atoms with Crippen LogP contribution in [0.3, 0.4) is 0 Å². The number of ether oxygens (including phenoxy) is 1. The Balaban J connectivity index is -0.000000141. The number of hydrogen-bond donors (Lipinski definition) is 17. The highest BCUT2D eigenvalue weighted by Crippen LogP contribution is 2.23. The smallest absolute Gasteiger partial charge is 0.218 e. The number of carbonyl (C=O) groups excluding carboxylic acids is 5. The van der Waals surface area contributed by atoms with Gasteiger partial charge < -0.3 is 117 Å². The Morgan fingerprint density at radius 3 is 1.70 bits per heavy atom. The van der Waals surface area contributed by atoms with Crippen LogP contribution in [0.25, 0.3) is 0 Å². The zero-order valence-electron chi connectivity index (χ0n) is 29.5. The molecule has 0 bridgehead atoms. The molecule has 57 heavy (non-hydrogen) atoms. The maximum atomic E-state index is 10.2. The summed E-state index contributed by atoms with van der Waals surface area (Å²) in [5, 5.41) is 148. The van der Waals surface area contributed by atoms with Crippen LogP contribution in [0.2, 0.25) is 0 Å². The summed E-state index contributed by atoms with van der Waals surface area (Å²) in [5.74, 6) is -2.91. The number of carbonyl (C=O) groups is 5. The van der Waals surface area contributed by atoms with Crippen LogP contribution in [-0.4, -0.2) is 234 Å². The Bertz CT molecular complexity index is 1240. The maximum Gasteiger partial charge on any atom is 0.218 e. The third-order valence-corrected chi connectivity index (χ3v) is 6.11. The first-order valence-corrected chi connectivity index (χ1v) is 15.0. The first-order chi connectivity index (χ1) is 25.2. The highest BCUT2D eigenvalue weighted by molar-refractivity contribution is 6.30. The zero-order valence-corrected chi connectivity index (χ0v) is 29.5. The fourth-order valence-corrected chi connectivity index (χ4v) is 2.93. The number of aldehydes is 4. The van der Waals surface area contributed by atoms with Gasteiger partial charge in [0, 0.05) is 0 Å². The van der Waals surface area contributed by atoms with Gasteiger partial charge in [0.25, 0.3) is 0 Å². The van der Waals surface area contributed by atoms with Crippen molar-refractivity contribution >= 4 is 30.9 Å². The average molecular weight is 844 g/mol. The summed E-state index contributed by atoms with van der Waals surface area (Å²) < 4.78 is 9.32. The Morgan fingerprint density at radius 2 is 1.33 bits per heavy atom. The molecule has 8 unspecified atom stereocenters. The molecule has 1 saturated heterocycles. The summed E-state index contributed by atoms with van der Waals surface area (Å²) in [7, 11) is 0. The van der Waals surface area contributed by atoms with Crippen molar-refractivity contribution in [1.82, 2.24) is 0 Å². The van der Waals surface area contributed by atoms with Gasteiger partial charge in [0.2, 0.25) is 11.6 Å². The molecule has 27 nitrogen and oxygen atoms in total. The zero-order chi connectivity index (χ0) is 42.6. The highest BCUT2D eigenvalue weighted by atomic mass is 16.7. The predicted molar refractivity (Wildman–Crippen MR) is 178 cm³/mol. The van der Waals surface area contributed by atoms with Gasteiger partial charge in [-0.05, 0) is 30.4 Å². The second-order valence-electron chi connectivity index (χ2n) is 10.3. The van der Waals surface area contributed by atoms with E-state index in [0.29, 0.717) is 12.0 Å². The third-order valence-electron chi connectivity index (χ3n) is 6.11. The molecule has 1 fully saturated rings. The van der Waals surface area contributed by atoms with E-state index < -0.39 is 105 Å².